The number of hydrazine groups is 1. The Balaban J connectivity index is 1.77. The number of carbonyl (C=O) groups excluding carboxylic acids is 1. The van der Waals surface area contributed by atoms with Gasteiger partial charge < -0.3 is 4.52 Å². The van der Waals surface area contributed by atoms with E-state index >= 15 is 0 Å². The first-order valence-electron chi connectivity index (χ1n) is 7.43. The Labute approximate surface area is 134 Å². The van der Waals surface area contributed by atoms with Crippen molar-refractivity contribution in [3.8, 4) is 11.3 Å². The monoisotopic (exact) mass is 319 g/mol. The van der Waals surface area contributed by atoms with Crippen LogP contribution in [0.5, 0.6) is 0 Å². The Morgan fingerprint density at radius 3 is 2.59 bits per heavy atom. The molecule has 1 N–H and O–H groups in total. The zero-order valence-electron chi connectivity index (χ0n) is 12.4. The molecule has 116 valence electrons. The van der Waals surface area contributed by atoms with Gasteiger partial charge in [-0.15, -0.1) is 0 Å². The predicted molar refractivity (Wildman–Crippen MR) is 84.6 cm³/mol. The fourth-order valence-electron chi connectivity index (χ4n) is 2.62. The molecule has 5 nitrogen and oxygen atoms in total. The molecule has 0 atom stereocenters. The van der Waals surface area contributed by atoms with Gasteiger partial charge in [0, 0.05) is 29.2 Å². The fraction of sp³-hybridized carbons (Fsp3) is 0.375. The van der Waals surface area contributed by atoms with E-state index in [1.807, 2.05) is 24.1 Å². The van der Waals surface area contributed by atoms with Gasteiger partial charge >= 0.3 is 0 Å². The van der Waals surface area contributed by atoms with Crippen LogP contribution < -0.4 is 5.43 Å². The lowest BCUT2D eigenvalue weighted by atomic mass is 10.1. The summed E-state index contributed by atoms with van der Waals surface area (Å²) in [4.78, 5) is 12.3. The lowest BCUT2D eigenvalue weighted by Gasteiger charge is -2.26. The summed E-state index contributed by atoms with van der Waals surface area (Å²) >= 11 is 5.89. The highest BCUT2D eigenvalue weighted by atomic mass is 35.5. The average Bonchev–Trinajstić information content (AvgIpc) is 2.91. The molecule has 1 aliphatic heterocycles. The van der Waals surface area contributed by atoms with Crippen molar-refractivity contribution >= 4 is 17.5 Å². The molecule has 0 bridgehead atoms. The molecule has 0 saturated carbocycles. The van der Waals surface area contributed by atoms with Gasteiger partial charge in [0.25, 0.3) is 5.91 Å². The van der Waals surface area contributed by atoms with E-state index in [1.165, 1.54) is 6.42 Å². The van der Waals surface area contributed by atoms with Crippen LogP contribution in [-0.4, -0.2) is 29.2 Å². The Hall–Kier alpha value is -1.85. The zero-order chi connectivity index (χ0) is 15.5. The molecule has 2 aromatic rings. The molecule has 1 saturated heterocycles. The normalized spacial score (nSPS) is 15.7. The maximum atomic E-state index is 12.3. The van der Waals surface area contributed by atoms with Crippen LogP contribution in [-0.2, 0) is 0 Å². The minimum Gasteiger partial charge on any atom is -0.355 e. The Morgan fingerprint density at radius 2 is 1.91 bits per heavy atom. The number of halogens is 1. The van der Waals surface area contributed by atoms with Gasteiger partial charge in [0.1, 0.15) is 0 Å². The summed E-state index contributed by atoms with van der Waals surface area (Å²) in [5.74, 6) is 0.379. The first kappa shape index (κ1) is 15.1. The molecular formula is C16H18ClN3O2. The molecule has 1 aliphatic rings. The van der Waals surface area contributed by atoms with Crippen LogP contribution in [0.2, 0.25) is 5.02 Å². The lowest BCUT2D eigenvalue weighted by Crippen LogP contribution is -2.45. The van der Waals surface area contributed by atoms with Crippen LogP contribution in [0.3, 0.4) is 0 Å². The van der Waals surface area contributed by atoms with Crippen LogP contribution in [0.4, 0.5) is 0 Å². The second-order valence-corrected chi connectivity index (χ2v) is 5.92. The SMILES string of the molecule is Cc1c(C(=O)NN2CCCCC2)noc1-c1ccc(Cl)cc1. The zero-order valence-corrected chi connectivity index (χ0v) is 13.2. The molecule has 0 aliphatic carbocycles. The predicted octanol–water partition coefficient (Wildman–Crippen LogP) is 3.43. The number of benzene rings is 1. The van der Waals surface area contributed by atoms with Gasteiger partial charge in [0.2, 0.25) is 0 Å². The largest absolute Gasteiger partial charge is 0.355 e. The number of aromatic nitrogens is 1. The molecule has 3 rings (SSSR count). The van der Waals surface area contributed by atoms with Crippen LogP contribution in [0.15, 0.2) is 28.8 Å². The third-order valence-corrected chi connectivity index (χ3v) is 4.11. The molecule has 1 amide bonds. The number of hydrogen-bond acceptors (Lipinski definition) is 4. The van der Waals surface area contributed by atoms with Crippen molar-refractivity contribution in [3.63, 3.8) is 0 Å². The number of hydrogen-bond donors (Lipinski definition) is 1. The van der Waals surface area contributed by atoms with E-state index in [4.69, 9.17) is 16.1 Å². The first-order valence-corrected chi connectivity index (χ1v) is 7.81. The topological polar surface area (TPSA) is 58.4 Å². The molecule has 6 heteroatoms. The van der Waals surface area contributed by atoms with E-state index in [-0.39, 0.29) is 5.91 Å². The van der Waals surface area contributed by atoms with Gasteiger partial charge in [-0.05, 0) is 44.0 Å². The summed E-state index contributed by atoms with van der Waals surface area (Å²) in [6, 6.07) is 7.27. The summed E-state index contributed by atoms with van der Waals surface area (Å²) in [6.45, 7) is 3.60. The van der Waals surface area contributed by atoms with Crippen LogP contribution in [0.1, 0.15) is 35.3 Å². The number of carbonyl (C=O) groups is 1. The molecule has 0 spiro atoms. The molecule has 1 aromatic heterocycles. The van der Waals surface area contributed by atoms with Gasteiger partial charge in [-0.3, -0.25) is 10.2 Å². The van der Waals surface area contributed by atoms with Crippen molar-refractivity contribution in [3.05, 3.63) is 40.5 Å². The summed E-state index contributed by atoms with van der Waals surface area (Å²) < 4.78 is 5.36. The van der Waals surface area contributed by atoms with Gasteiger partial charge in [0.15, 0.2) is 11.5 Å². The van der Waals surface area contributed by atoms with Gasteiger partial charge in [-0.1, -0.05) is 23.2 Å². The summed E-state index contributed by atoms with van der Waals surface area (Å²) in [6.07, 6.45) is 3.43. The van der Waals surface area contributed by atoms with E-state index in [9.17, 15) is 4.79 Å². The van der Waals surface area contributed by atoms with E-state index in [0.717, 1.165) is 37.1 Å². The lowest BCUT2D eigenvalue weighted by molar-refractivity contribution is 0.0740. The van der Waals surface area contributed by atoms with Crippen molar-refractivity contribution in [2.45, 2.75) is 26.2 Å². The average molecular weight is 320 g/mol. The van der Waals surface area contributed by atoms with Crippen molar-refractivity contribution in [2.24, 2.45) is 0 Å². The Morgan fingerprint density at radius 1 is 1.23 bits per heavy atom. The summed E-state index contributed by atoms with van der Waals surface area (Å²) in [7, 11) is 0. The highest BCUT2D eigenvalue weighted by molar-refractivity contribution is 6.30. The smallest absolute Gasteiger partial charge is 0.288 e. The third kappa shape index (κ3) is 3.15. The van der Waals surface area contributed by atoms with E-state index in [1.54, 1.807) is 12.1 Å². The maximum absolute atomic E-state index is 12.3. The summed E-state index contributed by atoms with van der Waals surface area (Å²) in [5.41, 5.74) is 4.82. The molecule has 1 aromatic carbocycles. The Kier molecular flexibility index (Phi) is 4.45. The maximum Gasteiger partial charge on any atom is 0.288 e. The van der Waals surface area contributed by atoms with Crippen molar-refractivity contribution in [2.75, 3.05) is 13.1 Å². The molecule has 0 unspecified atom stereocenters. The molecule has 1 fully saturated rings. The van der Waals surface area contributed by atoms with Gasteiger partial charge in [-0.25, -0.2) is 5.01 Å². The molecular weight excluding hydrogens is 302 g/mol. The molecule has 2 heterocycles. The molecule has 0 radical (unpaired) electrons. The van der Waals surface area contributed by atoms with Crippen molar-refractivity contribution < 1.29 is 9.32 Å². The van der Waals surface area contributed by atoms with E-state index in [2.05, 4.69) is 10.6 Å². The highest BCUT2D eigenvalue weighted by Gasteiger charge is 2.22. The number of amides is 1. The number of nitrogens with one attached hydrogen (secondary N) is 1. The summed E-state index contributed by atoms with van der Waals surface area (Å²) in [5, 5.41) is 6.54. The third-order valence-electron chi connectivity index (χ3n) is 3.86. The van der Waals surface area contributed by atoms with Gasteiger partial charge in [-0.2, -0.15) is 0 Å². The quantitative estimate of drug-likeness (QED) is 0.941. The first-order chi connectivity index (χ1) is 10.6. The number of nitrogens with zero attached hydrogens (tertiary/aromatic N) is 2. The van der Waals surface area contributed by atoms with Crippen LogP contribution >= 0.6 is 11.6 Å². The van der Waals surface area contributed by atoms with E-state index in [0.29, 0.717) is 16.5 Å². The fourth-order valence-corrected chi connectivity index (χ4v) is 2.75. The van der Waals surface area contributed by atoms with Gasteiger partial charge in [0.05, 0.1) is 0 Å². The second kappa shape index (κ2) is 6.50. The number of piperidine rings is 1. The molecule has 22 heavy (non-hydrogen) atoms. The minimum atomic E-state index is -0.219. The minimum absolute atomic E-state index is 0.219. The van der Waals surface area contributed by atoms with Crippen molar-refractivity contribution in [1.82, 2.24) is 15.6 Å². The van der Waals surface area contributed by atoms with E-state index < -0.39 is 0 Å². The second-order valence-electron chi connectivity index (χ2n) is 5.48. The van der Waals surface area contributed by atoms with Crippen molar-refractivity contribution in [1.29, 1.82) is 0 Å². The van der Waals surface area contributed by atoms with Crippen LogP contribution in [0.25, 0.3) is 11.3 Å². The number of rotatable bonds is 3. The van der Waals surface area contributed by atoms with Crippen LogP contribution in [0, 0.1) is 6.92 Å². The highest BCUT2D eigenvalue weighted by Crippen LogP contribution is 2.26. The standard InChI is InChI=1S/C16H18ClN3O2/c1-11-14(16(21)18-20-9-3-2-4-10-20)19-22-15(11)12-5-7-13(17)8-6-12/h5-8H,2-4,9-10H2,1H3,(H,18,21). The Bertz CT molecular complexity index is 661.